The van der Waals surface area contributed by atoms with Crippen molar-refractivity contribution < 1.29 is 18.4 Å². The molecule has 0 radical (unpaired) electrons. The Morgan fingerprint density at radius 3 is 2.82 bits per heavy atom. The molecule has 1 aliphatic heterocycles. The van der Waals surface area contributed by atoms with Crippen LogP contribution in [-0.2, 0) is 9.59 Å². The van der Waals surface area contributed by atoms with E-state index < -0.39 is 11.9 Å². The molecule has 7 nitrogen and oxygen atoms in total. The maximum Gasteiger partial charge on any atom is 0.224 e. The summed E-state index contributed by atoms with van der Waals surface area (Å²) in [6, 6.07) is 6.55. The van der Waals surface area contributed by atoms with E-state index in [1.54, 1.807) is 6.07 Å². The second-order valence-electron chi connectivity index (χ2n) is 11.0. The number of Topliss-reactive ketones (excluding diaryl/α,β-unsaturated/α-hetero) is 1. The van der Waals surface area contributed by atoms with Crippen molar-refractivity contribution in [3.8, 4) is 11.3 Å². The quantitative estimate of drug-likeness (QED) is 0.310. The van der Waals surface area contributed by atoms with Crippen LogP contribution in [0.2, 0.25) is 0 Å². The van der Waals surface area contributed by atoms with Gasteiger partial charge in [-0.2, -0.15) is 0 Å². The first kappa shape index (κ1) is 26.5. The highest BCUT2D eigenvalue weighted by Gasteiger charge is 2.57. The number of hydrogen-bond donors (Lipinski definition) is 2. The number of nitrogens with zero attached hydrogens (tertiary/aromatic N) is 2. The van der Waals surface area contributed by atoms with Gasteiger partial charge in [0.15, 0.2) is 5.76 Å². The number of carbonyl (C=O) groups is 2. The Labute approximate surface area is 223 Å². The molecule has 1 spiro atoms. The molecule has 38 heavy (non-hydrogen) atoms. The predicted molar refractivity (Wildman–Crippen MR) is 144 cm³/mol. The number of aryl methyl sites for hydroxylation is 1. The number of benzene rings is 1. The molecule has 1 aromatic carbocycles. The van der Waals surface area contributed by atoms with Crippen molar-refractivity contribution in [1.82, 2.24) is 20.6 Å². The first-order valence-corrected chi connectivity index (χ1v) is 13.9. The van der Waals surface area contributed by atoms with E-state index in [9.17, 15) is 9.59 Å². The van der Waals surface area contributed by atoms with E-state index in [4.69, 9.17) is 4.42 Å². The van der Waals surface area contributed by atoms with E-state index in [-0.39, 0.29) is 23.0 Å². The van der Waals surface area contributed by atoms with E-state index in [1.165, 1.54) is 12.3 Å². The number of halogens is 1. The summed E-state index contributed by atoms with van der Waals surface area (Å²) in [4.78, 5) is 33.8. The molecule has 202 valence electrons. The minimum absolute atomic E-state index is 0.0256. The molecule has 0 bridgehead atoms. The number of ketones is 1. The Kier molecular flexibility index (Phi) is 7.88. The summed E-state index contributed by atoms with van der Waals surface area (Å²) in [5.74, 6) is 0.642. The average Bonchev–Trinajstić information content (AvgIpc) is 3.37. The molecule has 1 saturated carbocycles. The topological polar surface area (TPSA) is 97.1 Å². The van der Waals surface area contributed by atoms with Gasteiger partial charge in [-0.15, -0.1) is 0 Å². The molecular formula is C30H37FN4O3. The van der Waals surface area contributed by atoms with Gasteiger partial charge in [-0.25, -0.2) is 9.37 Å². The highest BCUT2D eigenvalue weighted by Crippen LogP contribution is 2.58. The fourth-order valence-electron chi connectivity index (χ4n) is 5.76. The molecule has 2 fully saturated rings. The lowest BCUT2D eigenvalue weighted by molar-refractivity contribution is -0.124. The summed E-state index contributed by atoms with van der Waals surface area (Å²) in [5, 5.41) is 7.40. The van der Waals surface area contributed by atoms with Crippen LogP contribution < -0.4 is 10.6 Å². The molecule has 1 amide bonds. The van der Waals surface area contributed by atoms with Gasteiger partial charge in [0.25, 0.3) is 0 Å². The highest BCUT2D eigenvalue weighted by molar-refractivity contribution is 5.84. The van der Waals surface area contributed by atoms with Crippen molar-refractivity contribution in [2.24, 2.45) is 11.3 Å². The lowest BCUT2D eigenvalue weighted by Crippen LogP contribution is -2.35. The van der Waals surface area contributed by atoms with Crippen molar-refractivity contribution >= 4 is 22.6 Å². The van der Waals surface area contributed by atoms with E-state index in [0.717, 1.165) is 62.7 Å². The van der Waals surface area contributed by atoms with E-state index in [2.05, 4.69) is 20.6 Å². The number of hydrogen-bond acceptors (Lipinski definition) is 6. The zero-order valence-corrected chi connectivity index (χ0v) is 22.3. The monoisotopic (exact) mass is 520 g/mol. The van der Waals surface area contributed by atoms with Crippen molar-refractivity contribution in [1.29, 1.82) is 0 Å². The number of amides is 1. The second-order valence-corrected chi connectivity index (χ2v) is 11.0. The SMILES string of the molecule is CCC(=O)CCCCC[C@H](NC(=O)[C@H]1CC12CCNCC2)c1ncc(-c2cc3ccc(C)nc3cc2F)o1. The third-order valence-corrected chi connectivity index (χ3v) is 8.27. The third-order valence-electron chi connectivity index (χ3n) is 8.27. The zero-order chi connectivity index (χ0) is 26.7. The van der Waals surface area contributed by atoms with Crippen molar-refractivity contribution in [2.75, 3.05) is 13.1 Å². The van der Waals surface area contributed by atoms with Crippen LogP contribution in [0.25, 0.3) is 22.2 Å². The Balaban J connectivity index is 1.32. The number of aromatic nitrogens is 2. The van der Waals surface area contributed by atoms with Crippen LogP contribution in [0.5, 0.6) is 0 Å². The summed E-state index contributed by atoms with van der Waals surface area (Å²) >= 11 is 0. The predicted octanol–water partition coefficient (Wildman–Crippen LogP) is 5.81. The van der Waals surface area contributed by atoms with Crippen LogP contribution in [-0.4, -0.2) is 34.7 Å². The molecule has 5 rings (SSSR count). The van der Waals surface area contributed by atoms with Gasteiger partial charge in [0.05, 0.1) is 17.3 Å². The van der Waals surface area contributed by atoms with Gasteiger partial charge in [0.2, 0.25) is 11.8 Å². The molecular weight excluding hydrogens is 483 g/mol. The number of fused-ring (bicyclic) bond motifs is 1. The molecule has 2 aromatic heterocycles. The highest BCUT2D eigenvalue weighted by atomic mass is 19.1. The van der Waals surface area contributed by atoms with Gasteiger partial charge in [-0.1, -0.05) is 25.8 Å². The van der Waals surface area contributed by atoms with Crippen LogP contribution in [0.1, 0.15) is 82.3 Å². The first-order valence-electron chi connectivity index (χ1n) is 13.9. The lowest BCUT2D eigenvalue weighted by Gasteiger charge is -2.24. The summed E-state index contributed by atoms with van der Waals surface area (Å²) < 4.78 is 21.1. The standard InChI is InChI=1S/C30H37FN4O3/c1-3-21(36)7-5-4-6-8-25(35-28(37)23-17-30(23)11-13-32-14-12-30)29-33-18-27(38-29)22-15-20-10-9-19(2)34-26(20)16-24(22)31/h9-10,15-16,18,23,25,32H,3-8,11-14,17H2,1-2H3,(H,35,37)/t23-,25+/m1/s1. The minimum atomic E-state index is -0.426. The maximum absolute atomic E-state index is 15.0. The Morgan fingerprint density at radius 2 is 2.03 bits per heavy atom. The van der Waals surface area contributed by atoms with Crippen LogP contribution in [0.3, 0.4) is 0 Å². The molecule has 0 unspecified atom stereocenters. The van der Waals surface area contributed by atoms with Gasteiger partial charge in [-0.05, 0) is 69.7 Å². The van der Waals surface area contributed by atoms with Crippen molar-refractivity contribution in [3.63, 3.8) is 0 Å². The van der Waals surface area contributed by atoms with Crippen molar-refractivity contribution in [2.45, 2.75) is 77.7 Å². The van der Waals surface area contributed by atoms with Gasteiger partial charge in [-0.3, -0.25) is 14.6 Å². The van der Waals surface area contributed by atoms with Gasteiger partial charge in [0, 0.05) is 35.9 Å². The first-order chi connectivity index (χ1) is 18.4. The van der Waals surface area contributed by atoms with Gasteiger partial charge in [0.1, 0.15) is 17.6 Å². The van der Waals surface area contributed by atoms with Gasteiger partial charge >= 0.3 is 0 Å². The van der Waals surface area contributed by atoms with Crippen LogP contribution in [0.4, 0.5) is 4.39 Å². The number of unbranched alkanes of at least 4 members (excludes halogenated alkanes) is 2. The third kappa shape index (κ3) is 5.80. The largest absolute Gasteiger partial charge is 0.438 e. The number of rotatable bonds is 11. The van der Waals surface area contributed by atoms with E-state index in [0.29, 0.717) is 42.0 Å². The van der Waals surface area contributed by atoms with Crippen LogP contribution in [0.15, 0.2) is 34.9 Å². The molecule has 3 heterocycles. The molecule has 3 aromatic rings. The maximum atomic E-state index is 15.0. The van der Waals surface area contributed by atoms with Crippen LogP contribution >= 0.6 is 0 Å². The summed E-state index contributed by atoms with van der Waals surface area (Å²) in [7, 11) is 0. The van der Waals surface area contributed by atoms with E-state index in [1.807, 2.05) is 26.0 Å². The average molecular weight is 521 g/mol. The minimum Gasteiger partial charge on any atom is -0.438 e. The van der Waals surface area contributed by atoms with Crippen molar-refractivity contribution in [3.05, 3.63) is 47.9 Å². The Bertz CT molecular complexity index is 1310. The number of pyridine rings is 1. The molecule has 1 aliphatic carbocycles. The van der Waals surface area contributed by atoms with E-state index >= 15 is 4.39 Å². The van der Waals surface area contributed by atoms with Crippen LogP contribution in [0, 0.1) is 24.1 Å². The number of oxazole rings is 1. The number of carbonyl (C=O) groups excluding carboxylic acids is 2. The normalized spacial score (nSPS) is 19.0. The molecule has 2 N–H and O–H groups in total. The number of piperidine rings is 1. The molecule has 2 atom stereocenters. The fraction of sp³-hybridized carbons (Fsp3) is 0.533. The molecule has 1 saturated heterocycles. The summed E-state index contributed by atoms with van der Waals surface area (Å²) in [6.45, 7) is 5.67. The Morgan fingerprint density at radius 1 is 1.21 bits per heavy atom. The Hall–Kier alpha value is -3.13. The fourth-order valence-corrected chi connectivity index (χ4v) is 5.76. The zero-order valence-electron chi connectivity index (χ0n) is 22.3. The molecule has 8 heteroatoms. The molecule has 2 aliphatic rings. The lowest BCUT2D eigenvalue weighted by atomic mass is 9.91. The smallest absolute Gasteiger partial charge is 0.224 e. The number of nitrogens with one attached hydrogen (secondary N) is 2. The summed E-state index contributed by atoms with van der Waals surface area (Å²) in [6.07, 6.45) is 8.87. The van der Waals surface area contributed by atoms with Gasteiger partial charge < -0.3 is 15.1 Å². The second kappa shape index (κ2) is 11.3. The summed E-state index contributed by atoms with van der Waals surface area (Å²) in [5.41, 5.74) is 1.86.